The normalized spacial score (nSPS) is 14.7. The van der Waals surface area contributed by atoms with Gasteiger partial charge in [0.25, 0.3) is 0 Å². The molecule has 1 aliphatic rings. The Bertz CT molecular complexity index is 1010. The molecule has 1 aliphatic heterocycles. The summed E-state index contributed by atoms with van der Waals surface area (Å²) in [4.78, 5) is 11.7. The third kappa shape index (κ3) is 6.45. The van der Waals surface area contributed by atoms with Gasteiger partial charge in [0.15, 0.2) is 11.5 Å². The number of hydrogen-bond donors (Lipinski definition) is 1. The van der Waals surface area contributed by atoms with Crippen LogP contribution in [0.2, 0.25) is 0 Å². The number of nitrogens with zero attached hydrogens (tertiary/aromatic N) is 3. The van der Waals surface area contributed by atoms with Crippen molar-refractivity contribution >= 4 is 5.82 Å². The molecule has 2 aromatic carbocycles. The number of unbranched alkanes of at least 4 members (excludes halogenated alkanes) is 1. The van der Waals surface area contributed by atoms with Crippen LogP contribution >= 0.6 is 0 Å². The molecule has 2 heterocycles. The third-order valence-electron chi connectivity index (χ3n) is 6.08. The van der Waals surface area contributed by atoms with Gasteiger partial charge in [-0.3, -0.25) is 4.98 Å². The summed E-state index contributed by atoms with van der Waals surface area (Å²) in [6.07, 6.45) is 8.41. The number of benzene rings is 2. The zero-order valence-electron chi connectivity index (χ0n) is 19.7. The van der Waals surface area contributed by atoms with Crippen molar-refractivity contribution in [3.8, 4) is 22.8 Å². The Morgan fingerprint density at radius 2 is 1.82 bits per heavy atom. The van der Waals surface area contributed by atoms with Gasteiger partial charge in [-0.05, 0) is 76.0 Å². The second-order valence-corrected chi connectivity index (χ2v) is 8.54. The predicted molar refractivity (Wildman–Crippen MR) is 133 cm³/mol. The number of nitrogens with one attached hydrogen (secondary N) is 1. The van der Waals surface area contributed by atoms with E-state index < -0.39 is 0 Å². The van der Waals surface area contributed by atoms with Crippen molar-refractivity contribution in [2.24, 2.45) is 0 Å². The van der Waals surface area contributed by atoms with Crippen LogP contribution in [0.15, 0.2) is 60.9 Å². The number of ether oxygens (including phenoxy) is 2. The second-order valence-electron chi connectivity index (χ2n) is 8.54. The first-order valence-electron chi connectivity index (χ1n) is 11.9. The fourth-order valence-corrected chi connectivity index (χ4v) is 4.19. The molecule has 1 atom stereocenters. The first-order valence-corrected chi connectivity index (χ1v) is 11.9. The van der Waals surface area contributed by atoms with Gasteiger partial charge in [0.1, 0.15) is 5.82 Å². The summed E-state index contributed by atoms with van der Waals surface area (Å²) in [5.74, 6) is 2.22. The first-order chi connectivity index (χ1) is 16.2. The quantitative estimate of drug-likeness (QED) is 0.388. The lowest BCUT2D eigenvalue weighted by Gasteiger charge is -2.16. The van der Waals surface area contributed by atoms with Crippen LogP contribution in [0.5, 0.6) is 11.5 Å². The van der Waals surface area contributed by atoms with Crippen LogP contribution < -0.4 is 14.8 Å². The predicted octanol–water partition coefficient (Wildman–Crippen LogP) is 5.58. The van der Waals surface area contributed by atoms with Crippen molar-refractivity contribution in [2.75, 3.05) is 38.7 Å². The van der Waals surface area contributed by atoms with Crippen LogP contribution in [0.3, 0.4) is 0 Å². The summed E-state index contributed by atoms with van der Waals surface area (Å²) in [6, 6.07) is 16.4. The highest BCUT2D eigenvalue weighted by Gasteiger charge is 2.12. The average molecular weight is 447 g/mol. The fraction of sp³-hybridized carbons (Fsp3) is 0.407. The van der Waals surface area contributed by atoms with E-state index in [-0.39, 0.29) is 6.04 Å². The van der Waals surface area contributed by atoms with Crippen molar-refractivity contribution in [1.82, 2.24) is 14.9 Å². The molecule has 0 spiro atoms. The van der Waals surface area contributed by atoms with E-state index in [1.54, 1.807) is 19.5 Å². The van der Waals surface area contributed by atoms with Gasteiger partial charge in [-0.25, -0.2) is 4.98 Å². The minimum Gasteiger partial charge on any atom is -0.493 e. The van der Waals surface area contributed by atoms with Gasteiger partial charge in [-0.15, -0.1) is 0 Å². The van der Waals surface area contributed by atoms with Gasteiger partial charge in [-0.2, -0.15) is 0 Å². The van der Waals surface area contributed by atoms with E-state index in [9.17, 15) is 0 Å². The standard InChI is InChI=1S/C27H34N4O2/c1-21(22-10-4-3-5-11-22)29-27-20-28-19-24(30-27)23-12-13-25(26(18-23)32-2)33-17-9-8-16-31-14-6-7-15-31/h3-5,10-13,18-21H,6-9,14-17H2,1-2H3,(H,29,30). The van der Waals surface area contributed by atoms with E-state index in [1.165, 1.54) is 38.0 Å². The molecule has 3 aromatic rings. The van der Waals surface area contributed by atoms with Crippen LogP contribution in [0, 0.1) is 0 Å². The molecular formula is C27H34N4O2. The summed E-state index contributed by atoms with van der Waals surface area (Å²) >= 11 is 0. The van der Waals surface area contributed by atoms with Crippen LogP contribution in [-0.2, 0) is 0 Å². The van der Waals surface area contributed by atoms with E-state index in [0.29, 0.717) is 12.4 Å². The van der Waals surface area contributed by atoms with Gasteiger partial charge < -0.3 is 19.7 Å². The van der Waals surface area contributed by atoms with Crippen molar-refractivity contribution in [2.45, 2.75) is 38.6 Å². The highest BCUT2D eigenvalue weighted by Crippen LogP contribution is 2.32. The summed E-state index contributed by atoms with van der Waals surface area (Å²) in [6.45, 7) is 6.48. The minimum atomic E-state index is 0.131. The molecule has 33 heavy (non-hydrogen) atoms. The monoisotopic (exact) mass is 446 g/mol. The van der Waals surface area contributed by atoms with Gasteiger partial charge in [0, 0.05) is 11.6 Å². The van der Waals surface area contributed by atoms with Gasteiger partial charge in [0.05, 0.1) is 31.8 Å². The number of anilines is 1. The topological polar surface area (TPSA) is 59.5 Å². The molecule has 174 valence electrons. The summed E-state index contributed by atoms with van der Waals surface area (Å²) < 4.78 is 11.6. The highest BCUT2D eigenvalue weighted by molar-refractivity contribution is 5.64. The van der Waals surface area contributed by atoms with E-state index in [4.69, 9.17) is 14.5 Å². The molecule has 0 amide bonds. The molecule has 0 radical (unpaired) electrons. The molecule has 0 bridgehead atoms. The first kappa shape index (κ1) is 23.1. The Morgan fingerprint density at radius 3 is 2.61 bits per heavy atom. The van der Waals surface area contributed by atoms with Crippen LogP contribution in [0.4, 0.5) is 5.82 Å². The average Bonchev–Trinajstić information content (AvgIpc) is 3.38. The largest absolute Gasteiger partial charge is 0.493 e. The highest BCUT2D eigenvalue weighted by atomic mass is 16.5. The maximum absolute atomic E-state index is 6.02. The van der Waals surface area contributed by atoms with Crippen molar-refractivity contribution < 1.29 is 9.47 Å². The Labute approximate surface area is 197 Å². The molecule has 6 nitrogen and oxygen atoms in total. The molecule has 1 N–H and O–H groups in total. The number of likely N-dealkylation sites (tertiary alicyclic amines) is 1. The Balaban J connectivity index is 1.36. The maximum Gasteiger partial charge on any atom is 0.161 e. The Hall–Kier alpha value is -3.12. The summed E-state index contributed by atoms with van der Waals surface area (Å²) in [5, 5.41) is 3.44. The number of rotatable bonds is 11. The maximum atomic E-state index is 6.02. The van der Waals surface area contributed by atoms with Crippen LogP contribution in [0.1, 0.15) is 44.2 Å². The van der Waals surface area contributed by atoms with Gasteiger partial charge in [-0.1, -0.05) is 30.3 Å². The van der Waals surface area contributed by atoms with Crippen LogP contribution in [-0.4, -0.2) is 48.2 Å². The molecule has 1 aromatic heterocycles. The van der Waals surface area contributed by atoms with Crippen molar-refractivity contribution in [3.05, 3.63) is 66.5 Å². The number of aromatic nitrogens is 2. The number of hydrogen-bond acceptors (Lipinski definition) is 6. The zero-order valence-corrected chi connectivity index (χ0v) is 19.7. The van der Waals surface area contributed by atoms with Crippen molar-refractivity contribution in [1.29, 1.82) is 0 Å². The summed E-state index contributed by atoms with van der Waals surface area (Å²) in [5.41, 5.74) is 2.93. The molecular weight excluding hydrogens is 412 g/mol. The zero-order chi connectivity index (χ0) is 22.9. The molecule has 4 rings (SSSR count). The van der Waals surface area contributed by atoms with Gasteiger partial charge >= 0.3 is 0 Å². The lowest BCUT2D eigenvalue weighted by Crippen LogP contribution is -2.20. The minimum absolute atomic E-state index is 0.131. The molecule has 1 saturated heterocycles. The lowest BCUT2D eigenvalue weighted by atomic mass is 10.1. The summed E-state index contributed by atoms with van der Waals surface area (Å²) in [7, 11) is 1.67. The number of methoxy groups -OCH3 is 1. The van der Waals surface area contributed by atoms with Crippen LogP contribution in [0.25, 0.3) is 11.3 Å². The molecule has 1 fully saturated rings. The Kier molecular flexibility index (Phi) is 8.14. The molecule has 6 heteroatoms. The SMILES string of the molecule is COc1cc(-c2cncc(NC(C)c3ccccc3)n2)ccc1OCCCCN1CCCC1. The smallest absolute Gasteiger partial charge is 0.161 e. The van der Waals surface area contributed by atoms with E-state index in [0.717, 1.165) is 35.7 Å². The molecule has 1 unspecified atom stereocenters. The third-order valence-corrected chi connectivity index (χ3v) is 6.08. The molecule has 0 aliphatic carbocycles. The van der Waals surface area contributed by atoms with Crippen molar-refractivity contribution in [3.63, 3.8) is 0 Å². The van der Waals surface area contributed by atoms with Gasteiger partial charge in [0.2, 0.25) is 0 Å². The second kappa shape index (κ2) is 11.7. The van der Waals surface area contributed by atoms with E-state index >= 15 is 0 Å². The van der Waals surface area contributed by atoms with E-state index in [2.05, 4.69) is 34.3 Å². The fourth-order valence-electron chi connectivity index (χ4n) is 4.19. The Morgan fingerprint density at radius 1 is 1.00 bits per heavy atom. The van der Waals surface area contributed by atoms with E-state index in [1.807, 2.05) is 36.4 Å². The lowest BCUT2D eigenvalue weighted by molar-refractivity contribution is 0.268. The molecule has 0 saturated carbocycles.